The molecule has 0 unspecified atom stereocenters. The molecule has 0 aliphatic heterocycles. The molecule has 6 heteroatoms. The molecule has 1 aromatic rings. The molecule has 1 rings (SSSR count). The Morgan fingerprint density at radius 2 is 1.90 bits per heavy atom. The van der Waals surface area contributed by atoms with Crippen LogP contribution in [0.2, 0.25) is 5.02 Å². The van der Waals surface area contributed by atoms with E-state index in [1.54, 1.807) is 25.1 Å². The van der Waals surface area contributed by atoms with Gasteiger partial charge in [-0.3, -0.25) is 9.59 Å². The zero-order valence-electron chi connectivity index (χ0n) is 11.8. The quantitative estimate of drug-likeness (QED) is 0.678. The molecule has 0 heterocycles. The summed E-state index contributed by atoms with van der Waals surface area (Å²) in [4.78, 5) is 23.1. The van der Waals surface area contributed by atoms with Crippen LogP contribution in [0.3, 0.4) is 0 Å². The van der Waals surface area contributed by atoms with Crippen molar-refractivity contribution in [3.8, 4) is 0 Å². The van der Waals surface area contributed by atoms with Crippen LogP contribution in [-0.4, -0.2) is 24.9 Å². The van der Waals surface area contributed by atoms with E-state index in [-0.39, 0.29) is 11.8 Å². The third-order valence-electron chi connectivity index (χ3n) is 2.62. The van der Waals surface area contributed by atoms with Gasteiger partial charge >= 0.3 is 0 Å². The zero-order chi connectivity index (χ0) is 15.0. The number of amides is 2. The third kappa shape index (κ3) is 5.59. The van der Waals surface area contributed by atoms with Gasteiger partial charge < -0.3 is 16.0 Å². The van der Waals surface area contributed by atoms with Crippen LogP contribution in [0.15, 0.2) is 18.2 Å². The Morgan fingerprint density at radius 1 is 1.15 bits per heavy atom. The van der Waals surface area contributed by atoms with E-state index >= 15 is 0 Å². The molecule has 0 aliphatic rings. The summed E-state index contributed by atoms with van der Waals surface area (Å²) in [6, 6.07) is 5.00. The molecule has 0 saturated carbocycles. The summed E-state index contributed by atoms with van der Waals surface area (Å²) in [7, 11) is 0. The number of nitrogens with one attached hydrogen (secondary N) is 3. The summed E-state index contributed by atoms with van der Waals surface area (Å²) in [5.41, 5.74) is 1.12. The summed E-state index contributed by atoms with van der Waals surface area (Å²) in [5, 5.41) is 8.98. The maximum absolute atomic E-state index is 11.7. The van der Waals surface area contributed by atoms with Crippen molar-refractivity contribution in [2.45, 2.75) is 26.7 Å². The molecule has 0 aliphatic carbocycles. The predicted octanol–water partition coefficient (Wildman–Crippen LogP) is 2.63. The average Bonchev–Trinajstić information content (AvgIpc) is 2.42. The number of carbonyl (C=O) groups is 2. The topological polar surface area (TPSA) is 70.2 Å². The first-order valence-corrected chi connectivity index (χ1v) is 7.04. The Morgan fingerprint density at radius 3 is 2.55 bits per heavy atom. The number of rotatable bonds is 7. The van der Waals surface area contributed by atoms with Gasteiger partial charge in [0.2, 0.25) is 11.8 Å². The lowest BCUT2D eigenvalue weighted by molar-refractivity contribution is -0.116. The number of halogens is 1. The lowest BCUT2D eigenvalue weighted by atomic mass is 10.2. The molecular weight excluding hydrogens is 278 g/mol. The molecule has 110 valence electrons. The van der Waals surface area contributed by atoms with E-state index in [1.165, 1.54) is 0 Å². The number of hydrogen-bond acceptors (Lipinski definition) is 3. The van der Waals surface area contributed by atoms with Gasteiger partial charge in [0.25, 0.3) is 0 Å². The van der Waals surface area contributed by atoms with E-state index < -0.39 is 0 Å². The molecule has 0 bridgehead atoms. The van der Waals surface area contributed by atoms with Gasteiger partial charge in [-0.15, -0.1) is 0 Å². The Labute approximate surface area is 124 Å². The first kappa shape index (κ1) is 16.5. The van der Waals surface area contributed by atoms with Gasteiger partial charge in [-0.25, -0.2) is 0 Å². The number of benzene rings is 1. The minimum absolute atomic E-state index is 0.0863. The summed E-state index contributed by atoms with van der Waals surface area (Å²) in [5.74, 6) is -0.205. The fourth-order valence-corrected chi connectivity index (χ4v) is 1.70. The van der Waals surface area contributed by atoms with E-state index in [1.807, 2.05) is 6.92 Å². The minimum atomic E-state index is -0.119. The minimum Gasteiger partial charge on any atom is -0.326 e. The van der Waals surface area contributed by atoms with E-state index in [0.29, 0.717) is 35.8 Å². The maximum Gasteiger partial charge on any atom is 0.225 e. The fraction of sp³-hybridized carbons (Fsp3) is 0.429. The van der Waals surface area contributed by atoms with Crippen molar-refractivity contribution in [2.75, 3.05) is 23.7 Å². The predicted molar refractivity (Wildman–Crippen MR) is 82.2 cm³/mol. The van der Waals surface area contributed by atoms with Crippen molar-refractivity contribution in [2.24, 2.45) is 0 Å². The molecule has 2 amide bonds. The van der Waals surface area contributed by atoms with Crippen LogP contribution < -0.4 is 16.0 Å². The van der Waals surface area contributed by atoms with Crippen molar-refractivity contribution < 1.29 is 9.59 Å². The van der Waals surface area contributed by atoms with Gasteiger partial charge in [-0.1, -0.05) is 25.4 Å². The molecular formula is C14H20ClN3O2. The molecule has 3 N–H and O–H groups in total. The highest BCUT2D eigenvalue weighted by Gasteiger charge is 2.08. The van der Waals surface area contributed by atoms with Gasteiger partial charge in [0.15, 0.2) is 0 Å². The maximum atomic E-state index is 11.7. The normalized spacial score (nSPS) is 10.2. The van der Waals surface area contributed by atoms with Crippen molar-refractivity contribution in [1.29, 1.82) is 0 Å². The Hall–Kier alpha value is -1.59. The van der Waals surface area contributed by atoms with Crippen LogP contribution in [0.4, 0.5) is 11.4 Å². The second-order valence-corrected chi connectivity index (χ2v) is 4.66. The lowest BCUT2D eigenvalue weighted by Gasteiger charge is -2.10. The molecule has 0 spiro atoms. The molecule has 0 aromatic heterocycles. The van der Waals surface area contributed by atoms with Gasteiger partial charge in [0.1, 0.15) is 0 Å². The van der Waals surface area contributed by atoms with Gasteiger partial charge in [-0.05, 0) is 24.7 Å². The highest BCUT2D eigenvalue weighted by atomic mass is 35.5. The number of carbonyl (C=O) groups excluding carboxylic acids is 2. The summed E-state index contributed by atoms with van der Waals surface area (Å²) in [6.45, 7) is 5.20. The van der Waals surface area contributed by atoms with Crippen LogP contribution in [0.1, 0.15) is 26.7 Å². The molecule has 1 aromatic carbocycles. The van der Waals surface area contributed by atoms with Crippen LogP contribution >= 0.6 is 11.6 Å². The Bertz CT molecular complexity index is 477. The van der Waals surface area contributed by atoms with Crippen molar-refractivity contribution in [1.82, 2.24) is 5.32 Å². The second-order valence-electron chi connectivity index (χ2n) is 4.25. The monoisotopic (exact) mass is 297 g/mol. The van der Waals surface area contributed by atoms with E-state index in [4.69, 9.17) is 11.6 Å². The highest BCUT2D eigenvalue weighted by Crippen LogP contribution is 2.25. The zero-order valence-corrected chi connectivity index (χ0v) is 12.5. The summed E-state index contributed by atoms with van der Waals surface area (Å²) < 4.78 is 0. The smallest absolute Gasteiger partial charge is 0.225 e. The van der Waals surface area contributed by atoms with Gasteiger partial charge in [0, 0.05) is 25.1 Å². The summed E-state index contributed by atoms with van der Waals surface area (Å²) in [6.07, 6.45) is 0.767. The molecule has 0 radical (unpaired) electrons. The van der Waals surface area contributed by atoms with Gasteiger partial charge in [-0.2, -0.15) is 0 Å². The van der Waals surface area contributed by atoms with E-state index in [9.17, 15) is 9.59 Å². The SMILES string of the molecule is CCNCCC(=O)Nc1cc(NC(=O)CC)ccc1Cl. The number of anilines is 2. The fourth-order valence-electron chi connectivity index (χ4n) is 1.54. The average molecular weight is 298 g/mol. The largest absolute Gasteiger partial charge is 0.326 e. The van der Waals surface area contributed by atoms with Crippen LogP contribution in [0.25, 0.3) is 0 Å². The van der Waals surface area contributed by atoms with Crippen LogP contribution in [-0.2, 0) is 9.59 Å². The Balaban J connectivity index is 2.66. The molecule has 0 atom stereocenters. The standard InChI is InChI=1S/C14H20ClN3O2/c1-3-13(19)17-10-5-6-11(15)12(9-10)18-14(20)7-8-16-4-2/h5-6,9,16H,3-4,7-8H2,1-2H3,(H,17,19)(H,18,20). The second kappa shape index (κ2) is 8.55. The lowest BCUT2D eigenvalue weighted by Crippen LogP contribution is -2.21. The summed E-state index contributed by atoms with van der Waals surface area (Å²) >= 11 is 6.03. The molecule has 0 saturated heterocycles. The first-order valence-electron chi connectivity index (χ1n) is 6.66. The highest BCUT2D eigenvalue weighted by molar-refractivity contribution is 6.33. The molecule has 0 fully saturated rings. The van der Waals surface area contributed by atoms with Crippen molar-refractivity contribution >= 4 is 34.8 Å². The third-order valence-corrected chi connectivity index (χ3v) is 2.95. The first-order chi connectivity index (χ1) is 9.56. The van der Waals surface area contributed by atoms with E-state index in [0.717, 1.165) is 6.54 Å². The van der Waals surface area contributed by atoms with Gasteiger partial charge in [0.05, 0.1) is 10.7 Å². The Kier molecular flexibility index (Phi) is 7.04. The molecule has 20 heavy (non-hydrogen) atoms. The van der Waals surface area contributed by atoms with Crippen molar-refractivity contribution in [3.63, 3.8) is 0 Å². The molecule has 5 nitrogen and oxygen atoms in total. The van der Waals surface area contributed by atoms with Crippen LogP contribution in [0, 0.1) is 0 Å². The van der Waals surface area contributed by atoms with E-state index in [2.05, 4.69) is 16.0 Å². The van der Waals surface area contributed by atoms with Crippen LogP contribution in [0.5, 0.6) is 0 Å². The van der Waals surface area contributed by atoms with Crippen molar-refractivity contribution in [3.05, 3.63) is 23.2 Å². The number of hydrogen-bond donors (Lipinski definition) is 3.